The lowest BCUT2D eigenvalue weighted by atomic mass is 10.1. The average Bonchev–Trinajstić information content (AvgIpc) is 2.69. The summed E-state index contributed by atoms with van der Waals surface area (Å²) in [5.41, 5.74) is 2.11. The van der Waals surface area contributed by atoms with Gasteiger partial charge in [0.25, 0.3) is 11.8 Å². The fourth-order valence-electron chi connectivity index (χ4n) is 2.57. The molecule has 148 valence electrons. The number of aryl methyl sites for hydroxylation is 1. The quantitative estimate of drug-likeness (QED) is 0.341. The van der Waals surface area contributed by atoms with E-state index in [4.69, 9.17) is 4.74 Å². The molecule has 2 amide bonds. The molecule has 0 aromatic heterocycles. The van der Waals surface area contributed by atoms with Gasteiger partial charge in [-0.15, -0.1) is 0 Å². The number of amides is 2. The number of phenols is 1. The molecule has 0 aliphatic rings. The summed E-state index contributed by atoms with van der Waals surface area (Å²) in [6.07, 6.45) is 0. The van der Waals surface area contributed by atoms with Crippen LogP contribution in [0.2, 0.25) is 0 Å². The van der Waals surface area contributed by atoms with Crippen LogP contribution in [-0.2, 0) is 4.79 Å². The first-order valence-electron chi connectivity index (χ1n) is 8.80. The maximum Gasteiger partial charge on any atom is 0.262 e. The molecule has 0 aliphatic carbocycles. The van der Waals surface area contributed by atoms with Gasteiger partial charge in [-0.1, -0.05) is 17.7 Å². The van der Waals surface area contributed by atoms with Crippen LogP contribution < -0.4 is 15.4 Å². The van der Waals surface area contributed by atoms with Crippen LogP contribution >= 0.6 is 22.6 Å². The van der Waals surface area contributed by atoms with E-state index in [0.717, 1.165) is 9.13 Å². The van der Waals surface area contributed by atoms with Gasteiger partial charge in [0, 0.05) is 20.9 Å². The van der Waals surface area contributed by atoms with E-state index in [1.807, 2.05) is 25.1 Å². The van der Waals surface area contributed by atoms with E-state index in [2.05, 4.69) is 33.2 Å². The third kappa shape index (κ3) is 5.95. The van der Waals surface area contributed by atoms with E-state index in [0.29, 0.717) is 17.0 Å². The van der Waals surface area contributed by atoms with Crippen molar-refractivity contribution >= 4 is 45.8 Å². The number of anilines is 2. The number of hydrogen-bond donors (Lipinski definition) is 3. The number of halogens is 1. The smallest absolute Gasteiger partial charge is 0.262 e. The van der Waals surface area contributed by atoms with E-state index >= 15 is 0 Å². The number of hydrogen-bond acceptors (Lipinski definition) is 4. The summed E-state index contributed by atoms with van der Waals surface area (Å²) < 4.78 is 6.50. The molecule has 0 atom stereocenters. The van der Waals surface area contributed by atoms with Gasteiger partial charge in [-0.25, -0.2) is 0 Å². The zero-order chi connectivity index (χ0) is 20.8. The number of carbonyl (C=O) groups is 2. The van der Waals surface area contributed by atoms with Crippen molar-refractivity contribution in [1.29, 1.82) is 0 Å². The highest BCUT2D eigenvalue weighted by atomic mass is 127. The summed E-state index contributed by atoms with van der Waals surface area (Å²) in [5, 5.41) is 15.5. The second-order valence-corrected chi connectivity index (χ2v) is 7.59. The molecule has 0 spiro atoms. The Bertz CT molecular complexity index is 1040. The maximum atomic E-state index is 12.3. The lowest BCUT2D eigenvalue weighted by Crippen LogP contribution is -2.20. The number of nitrogens with one attached hydrogen (secondary N) is 2. The zero-order valence-electron chi connectivity index (χ0n) is 15.6. The SMILES string of the molecule is Cc1cccc(C(=O)Nc2ccc(NC(=O)COc3ccc(I)cc3)cc2O)c1. The van der Waals surface area contributed by atoms with Gasteiger partial charge < -0.3 is 20.5 Å². The van der Waals surface area contributed by atoms with E-state index in [-0.39, 0.29) is 29.9 Å². The Labute approximate surface area is 182 Å². The molecule has 0 bridgehead atoms. The number of aromatic hydroxyl groups is 1. The largest absolute Gasteiger partial charge is 0.506 e. The van der Waals surface area contributed by atoms with Crippen molar-refractivity contribution in [2.24, 2.45) is 0 Å². The number of ether oxygens (including phenoxy) is 1. The summed E-state index contributed by atoms with van der Waals surface area (Å²) >= 11 is 2.19. The summed E-state index contributed by atoms with van der Waals surface area (Å²) in [6, 6.07) is 19.0. The van der Waals surface area contributed by atoms with Gasteiger partial charge in [-0.3, -0.25) is 9.59 Å². The standard InChI is InChI=1S/C22H19IN2O4/c1-14-3-2-4-15(11-14)22(28)25-19-10-7-17(12-20(19)26)24-21(27)13-29-18-8-5-16(23)6-9-18/h2-12,26H,13H2,1H3,(H,24,27)(H,25,28). The normalized spacial score (nSPS) is 10.3. The van der Waals surface area contributed by atoms with Crippen molar-refractivity contribution in [2.75, 3.05) is 17.2 Å². The van der Waals surface area contributed by atoms with Gasteiger partial charge in [-0.05, 0) is 78.0 Å². The second kappa shape index (κ2) is 9.42. The van der Waals surface area contributed by atoms with E-state index < -0.39 is 0 Å². The minimum Gasteiger partial charge on any atom is -0.506 e. The van der Waals surface area contributed by atoms with Crippen LogP contribution in [0.25, 0.3) is 0 Å². The Kier molecular flexibility index (Phi) is 6.71. The molecule has 0 unspecified atom stereocenters. The first-order chi connectivity index (χ1) is 13.9. The third-order valence-corrected chi connectivity index (χ3v) is 4.71. The van der Waals surface area contributed by atoms with Crippen molar-refractivity contribution < 1.29 is 19.4 Å². The third-order valence-electron chi connectivity index (χ3n) is 3.99. The van der Waals surface area contributed by atoms with Crippen molar-refractivity contribution in [3.63, 3.8) is 0 Å². The predicted octanol–water partition coefficient (Wildman–Crippen LogP) is 4.58. The molecule has 3 rings (SSSR count). The van der Waals surface area contributed by atoms with Crippen molar-refractivity contribution in [1.82, 2.24) is 0 Å². The highest BCUT2D eigenvalue weighted by Crippen LogP contribution is 2.27. The Hall–Kier alpha value is -3.07. The molecule has 29 heavy (non-hydrogen) atoms. The molecule has 0 aliphatic heterocycles. The van der Waals surface area contributed by atoms with Gasteiger partial charge >= 0.3 is 0 Å². The number of rotatable bonds is 6. The van der Waals surface area contributed by atoms with Crippen LogP contribution in [0.15, 0.2) is 66.7 Å². The summed E-state index contributed by atoms with van der Waals surface area (Å²) in [6.45, 7) is 1.74. The second-order valence-electron chi connectivity index (χ2n) is 6.35. The van der Waals surface area contributed by atoms with Gasteiger partial charge in [0.15, 0.2) is 6.61 Å². The summed E-state index contributed by atoms with van der Waals surface area (Å²) in [7, 11) is 0. The van der Waals surface area contributed by atoms with Crippen molar-refractivity contribution in [2.45, 2.75) is 6.92 Å². The zero-order valence-corrected chi connectivity index (χ0v) is 17.8. The molecule has 0 heterocycles. The first kappa shape index (κ1) is 20.7. The predicted molar refractivity (Wildman–Crippen MR) is 121 cm³/mol. The number of carbonyl (C=O) groups excluding carboxylic acids is 2. The van der Waals surface area contributed by atoms with Gasteiger partial charge in [-0.2, -0.15) is 0 Å². The maximum absolute atomic E-state index is 12.3. The lowest BCUT2D eigenvalue weighted by Gasteiger charge is -2.11. The van der Waals surface area contributed by atoms with Gasteiger partial charge in [0.2, 0.25) is 0 Å². The minimum absolute atomic E-state index is 0.151. The molecule has 0 radical (unpaired) electrons. The molecule has 0 fully saturated rings. The van der Waals surface area contributed by atoms with Crippen LogP contribution in [0.4, 0.5) is 11.4 Å². The van der Waals surface area contributed by atoms with Crippen LogP contribution in [0.1, 0.15) is 15.9 Å². The highest BCUT2D eigenvalue weighted by molar-refractivity contribution is 14.1. The monoisotopic (exact) mass is 502 g/mol. The fourth-order valence-corrected chi connectivity index (χ4v) is 2.93. The Balaban J connectivity index is 1.57. The Morgan fingerprint density at radius 1 is 1.00 bits per heavy atom. The van der Waals surface area contributed by atoms with Crippen LogP contribution in [0, 0.1) is 10.5 Å². The number of phenolic OH excluding ortho intramolecular Hbond substituents is 1. The lowest BCUT2D eigenvalue weighted by molar-refractivity contribution is -0.118. The van der Waals surface area contributed by atoms with E-state index in [1.165, 1.54) is 12.1 Å². The topological polar surface area (TPSA) is 87.7 Å². The molecule has 6 nitrogen and oxygen atoms in total. The summed E-state index contributed by atoms with van der Waals surface area (Å²) in [4.78, 5) is 24.4. The molecule has 7 heteroatoms. The molecular formula is C22H19IN2O4. The molecular weight excluding hydrogens is 483 g/mol. The Morgan fingerprint density at radius 2 is 1.76 bits per heavy atom. The molecule has 3 aromatic rings. The van der Waals surface area contributed by atoms with Crippen LogP contribution in [0.3, 0.4) is 0 Å². The van der Waals surface area contributed by atoms with Gasteiger partial charge in [0.1, 0.15) is 11.5 Å². The Morgan fingerprint density at radius 3 is 2.45 bits per heavy atom. The van der Waals surface area contributed by atoms with E-state index in [9.17, 15) is 14.7 Å². The highest BCUT2D eigenvalue weighted by Gasteiger charge is 2.11. The van der Waals surface area contributed by atoms with Gasteiger partial charge in [0.05, 0.1) is 5.69 Å². The molecule has 3 aromatic carbocycles. The minimum atomic E-state index is -0.362. The molecule has 3 N–H and O–H groups in total. The fraction of sp³-hybridized carbons (Fsp3) is 0.0909. The van der Waals surface area contributed by atoms with E-state index in [1.54, 1.807) is 36.4 Å². The molecule has 0 saturated carbocycles. The number of benzene rings is 3. The molecule has 0 saturated heterocycles. The summed E-state index contributed by atoms with van der Waals surface area (Å²) in [5.74, 6) is -0.244. The van der Waals surface area contributed by atoms with Crippen LogP contribution in [-0.4, -0.2) is 23.5 Å². The van der Waals surface area contributed by atoms with Crippen LogP contribution in [0.5, 0.6) is 11.5 Å². The average molecular weight is 502 g/mol. The van der Waals surface area contributed by atoms with Crippen molar-refractivity contribution in [3.05, 3.63) is 81.4 Å². The van der Waals surface area contributed by atoms with Crippen molar-refractivity contribution in [3.8, 4) is 11.5 Å². The first-order valence-corrected chi connectivity index (χ1v) is 9.88.